The van der Waals surface area contributed by atoms with Gasteiger partial charge in [0.15, 0.2) is 0 Å². The van der Waals surface area contributed by atoms with Gasteiger partial charge in [-0.05, 0) is 67.8 Å². The smallest absolute Gasteiger partial charge is 0.0233 e. The zero-order chi connectivity index (χ0) is 14.7. The molecule has 2 N–H and O–H groups in total. The Bertz CT molecular complexity index is 435. The molecule has 3 rings (SSSR count). The Morgan fingerprint density at radius 1 is 1.05 bits per heavy atom. The highest BCUT2D eigenvalue weighted by Gasteiger charge is 2.36. The minimum Gasteiger partial charge on any atom is -0.330 e. The number of nitrogens with zero attached hydrogens (tertiary/aromatic N) is 1. The van der Waals surface area contributed by atoms with E-state index in [9.17, 15) is 0 Å². The molecule has 1 aliphatic heterocycles. The maximum Gasteiger partial charge on any atom is 0.0233 e. The summed E-state index contributed by atoms with van der Waals surface area (Å²) in [5, 5.41) is 0. The van der Waals surface area contributed by atoms with Crippen LogP contribution < -0.4 is 5.73 Å². The van der Waals surface area contributed by atoms with Gasteiger partial charge < -0.3 is 5.73 Å². The van der Waals surface area contributed by atoms with Crippen molar-refractivity contribution in [3.05, 3.63) is 35.4 Å². The maximum absolute atomic E-state index is 5.74. The van der Waals surface area contributed by atoms with Gasteiger partial charge in [-0.2, -0.15) is 0 Å². The molecule has 1 unspecified atom stereocenters. The molecule has 1 spiro atoms. The Labute approximate surface area is 129 Å². The molecule has 2 fully saturated rings. The zero-order valence-corrected chi connectivity index (χ0v) is 13.5. The van der Waals surface area contributed by atoms with E-state index in [4.69, 9.17) is 5.73 Å². The van der Waals surface area contributed by atoms with Crippen LogP contribution in [0.25, 0.3) is 0 Å². The van der Waals surface area contributed by atoms with Crippen LogP contribution in [-0.4, -0.2) is 24.5 Å². The first kappa shape index (κ1) is 15.1. The second-order valence-corrected chi connectivity index (χ2v) is 7.36. The van der Waals surface area contributed by atoms with Crippen molar-refractivity contribution in [2.24, 2.45) is 11.1 Å². The van der Waals surface area contributed by atoms with E-state index in [2.05, 4.69) is 36.1 Å². The summed E-state index contributed by atoms with van der Waals surface area (Å²) < 4.78 is 0. The number of hydrogen-bond donors (Lipinski definition) is 1. The largest absolute Gasteiger partial charge is 0.330 e. The third-order valence-electron chi connectivity index (χ3n) is 5.89. The lowest BCUT2D eigenvalue weighted by atomic mass is 9.77. The average molecular weight is 286 g/mol. The summed E-state index contributed by atoms with van der Waals surface area (Å²) in [5.41, 5.74) is 9.29. The fourth-order valence-corrected chi connectivity index (χ4v) is 4.16. The third kappa shape index (κ3) is 3.49. The molecule has 1 saturated carbocycles. The molecule has 1 aromatic carbocycles. The fraction of sp³-hybridized carbons (Fsp3) is 0.684. The van der Waals surface area contributed by atoms with E-state index in [0.29, 0.717) is 5.92 Å². The molecule has 1 saturated heterocycles. The second-order valence-electron chi connectivity index (χ2n) is 7.36. The summed E-state index contributed by atoms with van der Waals surface area (Å²) in [6.07, 6.45) is 8.78. The lowest BCUT2D eigenvalue weighted by molar-refractivity contribution is 0.103. The second kappa shape index (κ2) is 6.50. The molecule has 1 aromatic rings. The van der Waals surface area contributed by atoms with E-state index in [1.165, 1.54) is 62.7 Å². The summed E-state index contributed by atoms with van der Waals surface area (Å²) in [6.45, 7) is 6.63. The predicted octanol–water partition coefficient (Wildman–Crippen LogP) is 3.91. The standard InChI is InChI=1S/C19H30N2/c1-16(14-20)18-6-4-17(5-7-18)15-21-12-10-19(11-13-21)8-2-3-9-19/h4-7,16H,2-3,8-15,20H2,1H3. The maximum atomic E-state index is 5.74. The van der Waals surface area contributed by atoms with Gasteiger partial charge >= 0.3 is 0 Å². The van der Waals surface area contributed by atoms with E-state index in [1.54, 1.807) is 0 Å². The van der Waals surface area contributed by atoms with Crippen molar-refractivity contribution in [3.8, 4) is 0 Å². The summed E-state index contributed by atoms with van der Waals surface area (Å²) in [4.78, 5) is 2.64. The number of piperidine rings is 1. The van der Waals surface area contributed by atoms with Gasteiger partial charge in [-0.25, -0.2) is 0 Å². The van der Waals surface area contributed by atoms with Crippen LogP contribution >= 0.6 is 0 Å². The van der Waals surface area contributed by atoms with Crippen molar-refractivity contribution in [1.29, 1.82) is 0 Å². The van der Waals surface area contributed by atoms with Crippen LogP contribution in [0, 0.1) is 5.41 Å². The van der Waals surface area contributed by atoms with Crippen molar-refractivity contribution in [3.63, 3.8) is 0 Å². The van der Waals surface area contributed by atoms with Crippen molar-refractivity contribution < 1.29 is 0 Å². The average Bonchev–Trinajstić information content (AvgIpc) is 2.98. The van der Waals surface area contributed by atoms with E-state index in [0.717, 1.165) is 18.5 Å². The lowest BCUT2D eigenvalue weighted by Crippen LogP contribution is -2.38. The van der Waals surface area contributed by atoms with Gasteiger partial charge in [-0.1, -0.05) is 44.0 Å². The number of rotatable bonds is 4. The molecule has 1 aliphatic carbocycles. The number of nitrogens with two attached hydrogens (primary N) is 1. The first-order valence-electron chi connectivity index (χ1n) is 8.72. The molecule has 116 valence electrons. The lowest BCUT2D eigenvalue weighted by Gasteiger charge is -2.39. The molecule has 0 amide bonds. The first-order chi connectivity index (χ1) is 10.2. The molecular formula is C19H30N2. The first-order valence-corrected chi connectivity index (χ1v) is 8.72. The highest BCUT2D eigenvalue weighted by Crippen LogP contribution is 2.46. The number of likely N-dealkylation sites (tertiary alicyclic amines) is 1. The Hall–Kier alpha value is -0.860. The van der Waals surface area contributed by atoms with Gasteiger partial charge in [0.2, 0.25) is 0 Å². The molecule has 0 aromatic heterocycles. The fourth-order valence-electron chi connectivity index (χ4n) is 4.16. The molecule has 2 aliphatic rings. The molecule has 2 heteroatoms. The molecule has 0 bridgehead atoms. The molecule has 1 atom stereocenters. The van der Waals surface area contributed by atoms with Gasteiger partial charge in [0.05, 0.1) is 0 Å². The SMILES string of the molecule is CC(CN)c1ccc(CN2CCC3(CCCC3)CC2)cc1. The summed E-state index contributed by atoms with van der Waals surface area (Å²) >= 11 is 0. The van der Waals surface area contributed by atoms with Gasteiger partial charge in [-0.15, -0.1) is 0 Å². The van der Waals surface area contributed by atoms with Crippen LogP contribution in [0.15, 0.2) is 24.3 Å². The minimum absolute atomic E-state index is 0.469. The van der Waals surface area contributed by atoms with Crippen molar-refractivity contribution in [1.82, 2.24) is 4.90 Å². The summed E-state index contributed by atoms with van der Waals surface area (Å²) in [6, 6.07) is 9.10. The molecule has 21 heavy (non-hydrogen) atoms. The summed E-state index contributed by atoms with van der Waals surface area (Å²) in [5.74, 6) is 0.469. The normalized spacial score (nSPS) is 23.5. The summed E-state index contributed by atoms with van der Waals surface area (Å²) in [7, 11) is 0. The van der Waals surface area contributed by atoms with Gasteiger partial charge in [0.1, 0.15) is 0 Å². The number of hydrogen-bond acceptors (Lipinski definition) is 2. The van der Waals surface area contributed by atoms with Gasteiger partial charge in [0.25, 0.3) is 0 Å². The van der Waals surface area contributed by atoms with Crippen LogP contribution in [0.4, 0.5) is 0 Å². The Balaban J connectivity index is 1.53. The number of benzene rings is 1. The quantitative estimate of drug-likeness (QED) is 0.909. The monoisotopic (exact) mass is 286 g/mol. The van der Waals surface area contributed by atoms with Crippen LogP contribution in [0.2, 0.25) is 0 Å². The minimum atomic E-state index is 0.469. The zero-order valence-electron chi connectivity index (χ0n) is 13.5. The van der Waals surface area contributed by atoms with Crippen LogP contribution in [0.5, 0.6) is 0 Å². The van der Waals surface area contributed by atoms with Crippen LogP contribution in [-0.2, 0) is 6.54 Å². The van der Waals surface area contributed by atoms with Crippen molar-refractivity contribution in [2.45, 2.75) is 57.9 Å². The molecule has 0 radical (unpaired) electrons. The van der Waals surface area contributed by atoms with Gasteiger partial charge in [0, 0.05) is 6.54 Å². The van der Waals surface area contributed by atoms with Crippen molar-refractivity contribution in [2.75, 3.05) is 19.6 Å². The molecular weight excluding hydrogens is 256 g/mol. The molecule has 2 nitrogen and oxygen atoms in total. The third-order valence-corrected chi connectivity index (χ3v) is 5.89. The predicted molar refractivity (Wildman–Crippen MR) is 89.3 cm³/mol. The van der Waals surface area contributed by atoms with E-state index < -0.39 is 0 Å². The van der Waals surface area contributed by atoms with Crippen molar-refractivity contribution >= 4 is 0 Å². The van der Waals surface area contributed by atoms with Gasteiger partial charge in [-0.3, -0.25) is 4.90 Å². The topological polar surface area (TPSA) is 29.3 Å². The van der Waals surface area contributed by atoms with E-state index in [1.807, 2.05) is 0 Å². The highest BCUT2D eigenvalue weighted by molar-refractivity contribution is 5.25. The van der Waals surface area contributed by atoms with Crippen LogP contribution in [0.1, 0.15) is 62.5 Å². The highest BCUT2D eigenvalue weighted by atomic mass is 15.1. The Morgan fingerprint density at radius 2 is 1.67 bits per heavy atom. The van der Waals surface area contributed by atoms with E-state index in [-0.39, 0.29) is 0 Å². The Kier molecular flexibility index (Phi) is 4.66. The van der Waals surface area contributed by atoms with Crippen LogP contribution in [0.3, 0.4) is 0 Å². The Morgan fingerprint density at radius 3 is 2.24 bits per heavy atom. The van der Waals surface area contributed by atoms with E-state index >= 15 is 0 Å². The molecule has 1 heterocycles.